The Hall–Kier alpha value is -0.120. The smallest absolute Gasteiger partial charge is 0.0697 e. The molecule has 0 radical (unpaired) electrons. The van der Waals surface area contributed by atoms with Gasteiger partial charge in [0.2, 0.25) is 0 Å². The predicted octanol–water partition coefficient (Wildman–Crippen LogP) is 2.94. The van der Waals surface area contributed by atoms with Crippen molar-refractivity contribution in [2.24, 2.45) is 5.92 Å². The minimum absolute atomic E-state index is 0.284. The van der Waals surface area contributed by atoms with E-state index < -0.39 is 0 Å². The molecule has 4 rings (SSSR count). The lowest BCUT2D eigenvalue weighted by atomic mass is 9.84. The number of rotatable bonds is 2. The Bertz CT molecular complexity index is 339. The molecule has 120 valence electrons. The molecule has 0 amide bonds. The van der Waals surface area contributed by atoms with Gasteiger partial charge in [0.15, 0.2) is 0 Å². The molecule has 3 nitrogen and oxygen atoms in total. The molecule has 2 atom stereocenters. The molecule has 1 aliphatic carbocycles. The predicted molar refractivity (Wildman–Crippen MR) is 85.5 cm³/mol. The molecule has 0 bridgehead atoms. The summed E-state index contributed by atoms with van der Waals surface area (Å²) in [5.41, 5.74) is 0.284. The SMILES string of the molecule is C1CNC(C2CCN(C3CCOC4(CCCC4)C3)CC2)C1. The van der Waals surface area contributed by atoms with Crippen molar-refractivity contribution in [1.29, 1.82) is 0 Å². The summed E-state index contributed by atoms with van der Waals surface area (Å²) in [7, 11) is 0. The molecule has 3 saturated heterocycles. The van der Waals surface area contributed by atoms with Gasteiger partial charge in [0.05, 0.1) is 5.60 Å². The minimum atomic E-state index is 0.284. The number of piperidine rings is 1. The fourth-order valence-electron chi connectivity index (χ4n) is 5.48. The summed E-state index contributed by atoms with van der Waals surface area (Å²) in [5.74, 6) is 0.948. The summed E-state index contributed by atoms with van der Waals surface area (Å²) < 4.78 is 6.21. The van der Waals surface area contributed by atoms with Crippen LogP contribution in [0.15, 0.2) is 0 Å². The van der Waals surface area contributed by atoms with Crippen molar-refractivity contribution >= 4 is 0 Å². The van der Waals surface area contributed by atoms with Gasteiger partial charge >= 0.3 is 0 Å². The van der Waals surface area contributed by atoms with Crippen molar-refractivity contribution in [3.8, 4) is 0 Å². The van der Waals surface area contributed by atoms with Crippen LogP contribution in [0.5, 0.6) is 0 Å². The standard InChI is InChI=1S/C18H32N2O/c1-2-9-18(8-1)14-16(7-13-21-18)20-11-5-15(6-12-20)17-4-3-10-19-17/h15-17,19H,1-14H2. The van der Waals surface area contributed by atoms with Gasteiger partial charge in [-0.15, -0.1) is 0 Å². The number of nitrogens with one attached hydrogen (secondary N) is 1. The maximum absolute atomic E-state index is 6.21. The van der Waals surface area contributed by atoms with E-state index in [0.29, 0.717) is 0 Å². The zero-order chi connectivity index (χ0) is 14.1. The first-order chi connectivity index (χ1) is 10.3. The molecule has 3 heteroatoms. The van der Waals surface area contributed by atoms with E-state index in [1.54, 1.807) is 0 Å². The highest BCUT2D eigenvalue weighted by atomic mass is 16.5. The number of nitrogens with zero attached hydrogens (tertiary/aromatic N) is 1. The monoisotopic (exact) mass is 292 g/mol. The molecule has 21 heavy (non-hydrogen) atoms. The van der Waals surface area contributed by atoms with Crippen LogP contribution in [-0.2, 0) is 4.74 Å². The van der Waals surface area contributed by atoms with Crippen molar-refractivity contribution in [1.82, 2.24) is 10.2 Å². The van der Waals surface area contributed by atoms with Gasteiger partial charge in [0, 0.05) is 18.7 Å². The first-order valence-electron chi connectivity index (χ1n) is 9.46. The third kappa shape index (κ3) is 3.02. The Kier molecular flexibility index (Phi) is 4.25. The first kappa shape index (κ1) is 14.5. The van der Waals surface area contributed by atoms with E-state index in [4.69, 9.17) is 4.74 Å². The van der Waals surface area contributed by atoms with Gasteiger partial charge in [-0.1, -0.05) is 12.8 Å². The normalized spacial score (nSPS) is 38.3. The van der Waals surface area contributed by atoms with E-state index in [1.807, 2.05) is 0 Å². The third-order valence-corrected chi connectivity index (χ3v) is 6.74. The molecule has 1 saturated carbocycles. The highest BCUT2D eigenvalue weighted by Gasteiger charge is 2.42. The van der Waals surface area contributed by atoms with Crippen LogP contribution in [0.2, 0.25) is 0 Å². The summed E-state index contributed by atoms with van der Waals surface area (Å²) in [5, 5.41) is 3.72. The van der Waals surface area contributed by atoms with Crippen molar-refractivity contribution < 1.29 is 4.74 Å². The van der Waals surface area contributed by atoms with E-state index in [2.05, 4.69) is 10.2 Å². The second-order valence-electron chi connectivity index (χ2n) is 7.96. The Morgan fingerprint density at radius 3 is 2.48 bits per heavy atom. The van der Waals surface area contributed by atoms with Crippen molar-refractivity contribution in [2.75, 3.05) is 26.2 Å². The second-order valence-corrected chi connectivity index (χ2v) is 7.96. The highest BCUT2D eigenvalue weighted by Crippen LogP contribution is 2.42. The van der Waals surface area contributed by atoms with Crippen LogP contribution in [0.1, 0.15) is 64.2 Å². The molecule has 3 aliphatic heterocycles. The van der Waals surface area contributed by atoms with Gasteiger partial charge in [0.25, 0.3) is 0 Å². The second kappa shape index (κ2) is 6.17. The number of hydrogen-bond acceptors (Lipinski definition) is 3. The lowest BCUT2D eigenvalue weighted by molar-refractivity contribution is -0.105. The maximum Gasteiger partial charge on any atom is 0.0697 e. The van der Waals surface area contributed by atoms with Crippen LogP contribution in [0.25, 0.3) is 0 Å². The highest BCUT2D eigenvalue weighted by molar-refractivity contribution is 4.95. The average molecular weight is 292 g/mol. The van der Waals surface area contributed by atoms with E-state index in [1.165, 1.54) is 83.8 Å². The topological polar surface area (TPSA) is 24.5 Å². The van der Waals surface area contributed by atoms with Crippen molar-refractivity contribution in [3.05, 3.63) is 0 Å². The molecule has 1 spiro atoms. The van der Waals surface area contributed by atoms with Crippen LogP contribution in [0.4, 0.5) is 0 Å². The molecule has 0 aromatic carbocycles. The van der Waals surface area contributed by atoms with Crippen LogP contribution < -0.4 is 5.32 Å². The van der Waals surface area contributed by atoms with Crippen LogP contribution in [-0.4, -0.2) is 48.8 Å². The van der Waals surface area contributed by atoms with Crippen LogP contribution in [0.3, 0.4) is 0 Å². The summed E-state index contributed by atoms with van der Waals surface area (Å²) in [4.78, 5) is 2.81. The first-order valence-corrected chi connectivity index (χ1v) is 9.46. The zero-order valence-corrected chi connectivity index (χ0v) is 13.5. The van der Waals surface area contributed by atoms with Crippen molar-refractivity contribution in [3.63, 3.8) is 0 Å². The van der Waals surface area contributed by atoms with E-state index in [9.17, 15) is 0 Å². The number of likely N-dealkylation sites (tertiary alicyclic amines) is 1. The number of ether oxygens (including phenoxy) is 1. The lowest BCUT2D eigenvalue weighted by Crippen LogP contribution is -2.51. The summed E-state index contributed by atoms with van der Waals surface area (Å²) in [6, 6.07) is 1.65. The average Bonchev–Trinajstić information content (AvgIpc) is 3.20. The van der Waals surface area contributed by atoms with E-state index >= 15 is 0 Å². The van der Waals surface area contributed by atoms with Gasteiger partial charge < -0.3 is 15.0 Å². The Balaban J connectivity index is 1.31. The molecular weight excluding hydrogens is 260 g/mol. The molecule has 0 aromatic heterocycles. The van der Waals surface area contributed by atoms with Crippen LogP contribution >= 0.6 is 0 Å². The van der Waals surface area contributed by atoms with E-state index in [-0.39, 0.29) is 5.60 Å². The lowest BCUT2D eigenvalue weighted by Gasteiger charge is -2.45. The van der Waals surface area contributed by atoms with Crippen LogP contribution in [0, 0.1) is 5.92 Å². The molecule has 3 heterocycles. The summed E-state index contributed by atoms with van der Waals surface area (Å²) in [6.45, 7) is 4.94. The molecule has 4 fully saturated rings. The number of hydrogen-bond donors (Lipinski definition) is 1. The van der Waals surface area contributed by atoms with Gasteiger partial charge in [-0.3, -0.25) is 0 Å². The minimum Gasteiger partial charge on any atom is -0.375 e. The van der Waals surface area contributed by atoms with Crippen molar-refractivity contribution in [2.45, 2.75) is 81.9 Å². The van der Waals surface area contributed by atoms with Gasteiger partial charge in [0.1, 0.15) is 0 Å². The molecule has 4 aliphatic rings. The Labute approximate surface area is 129 Å². The maximum atomic E-state index is 6.21. The molecular formula is C18H32N2O. The largest absolute Gasteiger partial charge is 0.375 e. The third-order valence-electron chi connectivity index (χ3n) is 6.74. The van der Waals surface area contributed by atoms with Gasteiger partial charge in [-0.25, -0.2) is 0 Å². The quantitative estimate of drug-likeness (QED) is 0.847. The van der Waals surface area contributed by atoms with E-state index in [0.717, 1.165) is 24.6 Å². The van der Waals surface area contributed by atoms with Gasteiger partial charge in [-0.05, 0) is 76.9 Å². The molecule has 2 unspecified atom stereocenters. The fraction of sp³-hybridized carbons (Fsp3) is 1.00. The zero-order valence-electron chi connectivity index (χ0n) is 13.5. The Morgan fingerprint density at radius 1 is 0.952 bits per heavy atom. The fourth-order valence-corrected chi connectivity index (χ4v) is 5.48. The Morgan fingerprint density at radius 2 is 1.76 bits per heavy atom. The summed E-state index contributed by atoms with van der Waals surface area (Å²) in [6.07, 6.45) is 13.7. The molecule has 0 aromatic rings. The molecule has 1 N–H and O–H groups in total. The summed E-state index contributed by atoms with van der Waals surface area (Å²) >= 11 is 0. The van der Waals surface area contributed by atoms with Gasteiger partial charge in [-0.2, -0.15) is 0 Å².